The Hall–Kier alpha value is -1.10. The number of hydrogen-bond acceptors (Lipinski definition) is 3. The second kappa shape index (κ2) is 5.54. The number of rotatable bonds is 4. The molecule has 2 amide bonds. The first kappa shape index (κ1) is 10.9. The Morgan fingerprint density at radius 1 is 1.25 bits per heavy atom. The quantitative estimate of drug-likeness (QED) is 0.298. The average Bonchev–Trinajstić information content (AvgIpc) is 1.99. The maximum atomic E-state index is 10.9. The lowest BCUT2D eigenvalue weighted by molar-refractivity contribution is -0.126. The van der Waals surface area contributed by atoms with Crippen LogP contribution in [0.15, 0.2) is 0 Å². The van der Waals surface area contributed by atoms with E-state index in [1.165, 1.54) is 0 Å². The molecule has 0 heterocycles. The third-order valence-electron chi connectivity index (χ3n) is 1.19. The van der Waals surface area contributed by atoms with Crippen molar-refractivity contribution in [1.82, 2.24) is 10.7 Å². The number of hydrogen-bond donors (Lipinski definition) is 3. The topological polar surface area (TPSA) is 84.2 Å². The lowest BCUT2D eigenvalue weighted by Gasteiger charge is -2.06. The standard InChI is InChI=1S/C7H15N3O2/c1-5(2)9-6(11)3-4-7(12)10-8/h5H,3-4,8H2,1-2H3,(H,9,11)(H,10,12). The van der Waals surface area contributed by atoms with Gasteiger partial charge in [-0.15, -0.1) is 0 Å². The fourth-order valence-corrected chi connectivity index (χ4v) is 0.693. The summed E-state index contributed by atoms with van der Waals surface area (Å²) in [5.41, 5.74) is 1.95. The van der Waals surface area contributed by atoms with Crippen LogP contribution in [0, 0.1) is 0 Å². The van der Waals surface area contributed by atoms with Crippen molar-refractivity contribution >= 4 is 11.8 Å². The minimum Gasteiger partial charge on any atom is -0.354 e. The highest BCUT2D eigenvalue weighted by atomic mass is 16.2. The molecule has 0 spiro atoms. The zero-order valence-corrected chi connectivity index (χ0v) is 7.39. The molecule has 0 saturated carbocycles. The molecule has 70 valence electrons. The van der Waals surface area contributed by atoms with Crippen molar-refractivity contribution in [2.45, 2.75) is 32.7 Å². The molecule has 5 nitrogen and oxygen atoms in total. The second-order valence-electron chi connectivity index (χ2n) is 2.79. The number of nitrogens with one attached hydrogen (secondary N) is 2. The summed E-state index contributed by atoms with van der Waals surface area (Å²) in [5.74, 6) is 4.37. The van der Waals surface area contributed by atoms with Crippen molar-refractivity contribution in [2.24, 2.45) is 5.84 Å². The SMILES string of the molecule is CC(C)NC(=O)CCC(=O)NN. The lowest BCUT2D eigenvalue weighted by Crippen LogP contribution is -2.33. The molecule has 5 heteroatoms. The summed E-state index contributed by atoms with van der Waals surface area (Å²) in [4.78, 5) is 21.5. The summed E-state index contributed by atoms with van der Waals surface area (Å²) < 4.78 is 0. The maximum absolute atomic E-state index is 10.9. The van der Waals surface area contributed by atoms with Crippen LogP contribution in [0.5, 0.6) is 0 Å². The van der Waals surface area contributed by atoms with Crippen LogP contribution < -0.4 is 16.6 Å². The van der Waals surface area contributed by atoms with Gasteiger partial charge in [0.2, 0.25) is 11.8 Å². The molecule has 0 unspecified atom stereocenters. The van der Waals surface area contributed by atoms with Gasteiger partial charge < -0.3 is 5.32 Å². The largest absolute Gasteiger partial charge is 0.354 e. The first-order chi connectivity index (χ1) is 5.56. The Kier molecular flexibility index (Phi) is 5.03. The molecule has 0 fully saturated rings. The Labute approximate surface area is 71.7 Å². The van der Waals surface area contributed by atoms with Crippen molar-refractivity contribution in [3.8, 4) is 0 Å². The highest BCUT2D eigenvalue weighted by molar-refractivity contribution is 5.83. The van der Waals surface area contributed by atoms with Gasteiger partial charge in [-0.05, 0) is 13.8 Å². The summed E-state index contributed by atoms with van der Waals surface area (Å²) in [7, 11) is 0. The molecule has 12 heavy (non-hydrogen) atoms. The van der Waals surface area contributed by atoms with Crippen molar-refractivity contribution in [3.05, 3.63) is 0 Å². The molecule has 0 radical (unpaired) electrons. The summed E-state index contributed by atoms with van der Waals surface area (Å²) in [5, 5.41) is 2.66. The van der Waals surface area contributed by atoms with E-state index in [0.717, 1.165) is 0 Å². The number of carbonyl (C=O) groups excluding carboxylic acids is 2. The van der Waals surface area contributed by atoms with Crippen LogP contribution >= 0.6 is 0 Å². The Morgan fingerprint density at radius 2 is 1.75 bits per heavy atom. The van der Waals surface area contributed by atoms with E-state index in [4.69, 9.17) is 5.84 Å². The van der Waals surface area contributed by atoms with Crippen LogP contribution in [0.4, 0.5) is 0 Å². The molecule has 0 aromatic rings. The molecule has 0 aromatic carbocycles. The molecule has 0 aliphatic heterocycles. The van der Waals surface area contributed by atoms with E-state index < -0.39 is 0 Å². The van der Waals surface area contributed by atoms with Gasteiger partial charge in [0.1, 0.15) is 0 Å². The minimum absolute atomic E-state index is 0.110. The minimum atomic E-state index is -0.325. The van der Waals surface area contributed by atoms with Gasteiger partial charge in [-0.2, -0.15) is 0 Å². The second-order valence-corrected chi connectivity index (χ2v) is 2.79. The third-order valence-corrected chi connectivity index (χ3v) is 1.19. The first-order valence-corrected chi connectivity index (χ1v) is 3.85. The Bertz CT molecular complexity index is 168. The van der Waals surface area contributed by atoms with Crippen LogP contribution in [-0.2, 0) is 9.59 Å². The third kappa shape index (κ3) is 5.67. The molecule has 0 saturated heterocycles. The van der Waals surface area contributed by atoms with Crippen LogP contribution in [0.3, 0.4) is 0 Å². The van der Waals surface area contributed by atoms with E-state index in [1.807, 2.05) is 19.3 Å². The van der Waals surface area contributed by atoms with E-state index >= 15 is 0 Å². The zero-order chi connectivity index (χ0) is 9.56. The highest BCUT2D eigenvalue weighted by Crippen LogP contribution is 1.89. The predicted octanol–water partition coefficient (Wildman–Crippen LogP) is -0.719. The number of carbonyl (C=O) groups is 2. The fourth-order valence-electron chi connectivity index (χ4n) is 0.693. The summed E-state index contributed by atoms with van der Waals surface area (Å²) in [6.45, 7) is 3.72. The number of hydrazine groups is 1. The van der Waals surface area contributed by atoms with Crippen molar-refractivity contribution < 1.29 is 9.59 Å². The summed E-state index contributed by atoms with van der Waals surface area (Å²) >= 11 is 0. The summed E-state index contributed by atoms with van der Waals surface area (Å²) in [6, 6.07) is 0.110. The highest BCUT2D eigenvalue weighted by Gasteiger charge is 2.05. The molecule has 0 aliphatic carbocycles. The first-order valence-electron chi connectivity index (χ1n) is 3.85. The number of amides is 2. The van der Waals surface area contributed by atoms with Crippen LogP contribution in [0.1, 0.15) is 26.7 Å². The molecule has 0 bridgehead atoms. The van der Waals surface area contributed by atoms with Crippen molar-refractivity contribution in [3.63, 3.8) is 0 Å². The molecular weight excluding hydrogens is 158 g/mol. The molecule has 4 N–H and O–H groups in total. The van der Waals surface area contributed by atoms with Crippen LogP contribution in [0.25, 0.3) is 0 Å². The van der Waals surface area contributed by atoms with Crippen molar-refractivity contribution in [1.29, 1.82) is 0 Å². The predicted molar refractivity (Wildman–Crippen MR) is 44.8 cm³/mol. The zero-order valence-electron chi connectivity index (χ0n) is 7.39. The van der Waals surface area contributed by atoms with Crippen LogP contribution in [-0.4, -0.2) is 17.9 Å². The smallest absolute Gasteiger partial charge is 0.234 e. The fraction of sp³-hybridized carbons (Fsp3) is 0.714. The van der Waals surface area contributed by atoms with E-state index in [1.54, 1.807) is 0 Å². The molecule has 0 aliphatic rings. The average molecular weight is 173 g/mol. The monoisotopic (exact) mass is 173 g/mol. The molecule has 0 rings (SSSR count). The van der Waals surface area contributed by atoms with Gasteiger partial charge in [-0.25, -0.2) is 5.84 Å². The van der Waals surface area contributed by atoms with E-state index in [-0.39, 0.29) is 30.7 Å². The van der Waals surface area contributed by atoms with Crippen molar-refractivity contribution in [2.75, 3.05) is 0 Å². The normalized spacial score (nSPS) is 9.67. The molecule has 0 atom stereocenters. The van der Waals surface area contributed by atoms with Gasteiger partial charge in [-0.1, -0.05) is 0 Å². The van der Waals surface area contributed by atoms with Gasteiger partial charge in [-0.3, -0.25) is 15.0 Å². The Morgan fingerprint density at radius 3 is 2.17 bits per heavy atom. The molecular formula is C7H15N3O2. The Balaban J connectivity index is 3.51. The van der Waals surface area contributed by atoms with Gasteiger partial charge in [0.05, 0.1) is 0 Å². The van der Waals surface area contributed by atoms with Gasteiger partial charge in [0.15, 0.2) is 0 Å². The van der Waals surface area contributed by atoms with Gasteiger partial charge in [0.25, 0.3) is 0 Å². The van der Waals surface area contributed by atoms with Crippen LogP contribution in [0.2, 0.25) is 0 Å². The van der Waals surface area contributed by atoms with E-state index in [0.29, 0.717) is 0 Å². The van der Waals surface area contributed by atoms with E-state index in [9.17, 15) is 9.59 Å². The summed E-state index contributed by atoms with van der Waals surface area (Å²) in [6.07, 6.45) is 0.316. The molecule has 0 aromatic heterocycles. The lowest BCUT2D eigenvalue weighted by atomic mass is 10.2. The van der Waals surface area contributed by atoms with Gasteiger partial charge >= 0.3 is 0 Å². The number of nitrogens with two attached hydrogens (primary N) is 1. The van der Waals surface area contributed by atoms with Gasteiger partial charge in [0, 0.05) is 18.9 Å². The van der Waals surface area contributed by atoms with E-state index in [2.05, 4.69) is 5.32 Å². The maximum Gasteiger partial charge on any atom is 0.234 e.